The highest BCUT2D eigenvalue weighted by atomic mass is 16.2. The van der Waals surface area contributed by atoms with Crippen molar-refractivity contribution in [3.05, 3.63) is 113 Å². The van der Waals surface area contributed by atoms with E-state index in [2.05, 4.69) is 21.3 Å². The summed E-state index contributed by atoms with van der Waals surface area (Å²) in [6.45, 7) is 4.24. The number of rotatable bonds is 5. The first-order valence-electron chi connectivity index (χ1n) is 14.3. The minimum Gasteiger partial charge on any atom is -0.350 e. The molecule has 0 radical (unpaired) electrons. The van der Waals surface area contributed by atoms with E-state index in [9.17, 15) is 19.2 Å². The normalized spacial score (nSPS) is 21.3. The lowest BCUT2D eigenvalue weighted by Gasteiger charge is -2.25. The quantitative estimate of drug-likeness (QED) is 0.376. The van der Waals surface area contributed by atoms with E-state index in [0.717, 1.165) is 22.3 Å². The van der Waals surface area contributed by atoms with Gasteiger partial charge in [0, 0.05) is 19.0 Å². The van der Waals surface area contributed by atoms with Crippen molar-refractivity contribution in [3.8, 4) is 0 Å². The van der Waals surface area contributed by atoms with Crippen LogP contribution in [0.4, 0.5) is 0 Å². The second-order valence-corrected chi connectivity index (χ2v) is 11.0. The summed E-state index contributed by atoms with van der Waals surface area (Å²) in [6.07, 6.45) is 3.73. The van der Waals surface area contributed by atoms with Crippen molar-refractivity contribution in [2.24, 2.45) is 5.92 Å². The fraction of sp³-hybridized carbons (Fsp3) is 0.294. The number of hydrogen-bond acceptors (Lipinski definition) is 4. The minimum atomic E-state index is -0.926. The first kappa shape index (κ1) is 30.2. The van der Waals surface area contributed by atoms with Gasteiger partial charge in [-0.2, -0.15) is 0 Å². The first-order chi connectivity index (χ1) is 20.3. The molecule has 0 fully saturated rings. The van der Waals surface area contributed by atoms with E-state index in [4.69, 9.17) is 0 Å². The van der Waals surface area contributed by atoms with E-state index in [-0.39, 0.29) is 37.1 Å². The molecule has 1 aliphatic rings. The molecule has 8 nitrogen and oxygen atoms in total. The van der Waals surface area contributed by atoms with E-state index >= 15 is 0 Å². The summed E-state index contributed by atoms with van der Waals surface area (Å²) in [5.74, 6) is -1.36. The van der Waals surface area contributed by atoms with Gasteiger partial charge in [-0.3, -0.25) is 19.2 Å². The van der Waals surface area contributed by atoms with Crippen molar-refractivity contribution in [2.75, 3.05) is 0 Å². The topological polar surface area (TPSA) is 116 Å². The molecule has 2 unspecified atom stereocenters. The summed E-state index contributed by atoms with van der Waals surface area (Å²) < 4.78 is 0. The van der Waals surface area contributed by atoms with Gasteiger partial charge in [-0.05, 0) is 46.7 Å². The Kier molecular flexibility index (Phi) is 10.6. The number of amides is 4. The largest absolute Gasteiger partial charge is 0.350 e. The number of fused-ring (bicyclic) bond motifs is 2. The van der Waals surface area contributed by atoms with Gasteiger partial charge in [0.2, 0.25) is 23.6 Å². The maximum absolute atomic E-state index is 13.7. The maximum Gasteiger partial charge on any atom is 0.244 e. The van der Waals surface area contributed by atoms with Crippen molar-refractivity contribution in [1.82, 2.24) is 21.3 Å². The third-order valence-electron chi connectivity index (χ3n) is 7.03. The van der Waals surface area contributed by atoms with Gasteiger partial charge in [0.15, 0.2) is 0 Å². The van der Waals surface area contributed by atoms with Gasteiger partial charge in [0.05, 0.1) is 12.5 Å². The monoisotopic (exact) mass is 566 g/mol. The molecule has 3 aromatic rings. The molecule has 4 rings (SSSR count). The van der Waals surface area contributed by atoms with Crippen LogP contribution in [0.25, 0.3) is 6.08 Å². The van der Waals surface area contributed by atoms with Crippen LogP contribution in [0.2, 0.25) is 0 Å². The highest BCUT2D eigenvalue weighted by Crippen LogP contribution is 2.18. The number of carbonyl (C=O) groups excluding carboxylic acids is 4. The average molecular weight is 567 g/mol. The Hall–Kier alpha value is -4.72. The molecule has 2 bridgehead atoms. The van der Waals surface area contributed by atoms with E-state index in [0.29, 0.717) is 6.42 Å². The molecule has 8 heteroatoms. The molecule has 1 heterocycles. The molecule has 0 spiro atoms. The Morgan fingerprint density at radius 2 is 1.45 bits per heavy atom. The second-order valence-electron chi connectivity index (χ2n) is 11.0. The smallest absolute Gasteiger partial charge is 0.244 e. The molecule has 4 N–H and O–H groups in total. The Bertz CT molecular complexity index is 1410. The Balaban J connectivity index is 1.67. The van der Waals surface area contributed by atoms with Gasteiger partial charge in [-0.25, -0.2) is 0 Å². The third-order valence-corrected chi connectivity index (χ3v) is 7.03. The predicted octanol–water partition coefficient (Wildman–Crippen LogP) is 3.84. The maximum atomic E-state index is 13.7. The summed E-state index contributed by atoms with van der Waals surface area (Å²) in [5.41, 5.74) is 3.28. The number of nitrogens with one attached hydrogen (secondary N) is 4. The predicted molar refractivity (Wildman–Crippen MR) is 163 cm³/mol. The molecule has 1 aliphatic heterocycles. The highest BCUT2D eigenvalue weighted by Gasteiger charge is 2.29. The summed E-state index contributed by atoms with van der Waals surface area (Å²) in [7, 11) is 0. The molecule has 0 aliphatic carbocycles. The molecule has 0 saturated heterocycles. The van der Waals surface area contributed by atoms with Gasteiger partial charge in [-0.15, -0.1) is 0 Å². The lowest BCUT2D eigenvalue weighted by Crippen LogP contribution is -2.55. The third kappa shape index (κ3) is 9.16. The van der Waals surface area contributed by atoms with Crippen LogP contribution in [-0.4, -0.2) is 35.7 Å². The van der Waals surface area contributed by atoms with Crippen LogP contribution in [0.3, 0.4) is 0 Å². The second kappa shape index (κ2) is 14.8. The SMILES string of the molecule is CC(C)CC1NC(=O)[C@H](Cc2ccccc2)NC(=O)CC(c2ccccc2)NC(=O)/C=C\c2cccc(c2)CNC1=O. The van der Waals surface area contributed by atoms with Gasteiger partial charge < -0.3 is 21.3 Å². The van der Waals surface area contributed by atoms with Gasteiger partial charge in [-0.1, -0.05) is 92.7 Å². The Morgan fingerprint density at radius 1 is 0.738 bits per heavy atom. The molecule has 3 atom stereocenters. The minimum absolute atomic E-state index is 0.0758. The number of carbonyl (C=O) groups is 4. The lowest BCUT2D eigenvalue weighted by molar-refractivity contribution is -0.132. The molecule has 4 amide bonds. The van der Waals surface area contributed by atoms with Crippen LogP contribution in [0, 0.1) is 5.92 Å². The van der Waals surface area contributed by atoms with E-state index in [1.165, 1.54) is 6.08 Å². The van der Waals surface area contributed by atoms with Crippen molar-refractivity contribution in [1.29, 1.82) is 0 Å². The summed E-state index contributed by atoms with van der Waals surface area (Å²) in [6, 6.07) is 23.8. The molecule has 0 aromatic heterocycles. The Morgan fingerprint density at radius 3 is 2.17 bits per heavy atom. The van der Waals surface area contributed by atoms with Crippen molar-refractivity contribution in [3.63, 3.8) is 0 Å². The standard InChI is InChI=1S/C34H38N4O4/c1-23(2)18-29-33(41)35-22-26-13-9-12-25(19-26)16-17-31(39)36-28(27-14-7-4-8-15-27)21-32(40)37-30(34(42)38-29)20-24-10-5-3-6-11-24/h3-17,19,23,28-30H,18,20-22H2,1-2H3,(H,35,41)(H,36,39)(H,37,40)(H,38,42)/b17-16-/t28?,29?,30-/m0/s1. The van der Waals surface area contributed by atoms with Gasteiger partial charge in [0.25, 0.3) is 0 Å². The molecular formula is C34H38N4O4. The van der Waals surface area contributed by atoms with Crippen LogP contribution in [-0.2, 0) is 32.1 Å². The summed E-state index contributed by atoms with van der Waals surface area (Å²) >= 11 is 0. The zero-order valence-corrected chi connectivity index (χ0v) is 24.0. The summed E-state index contributed by atoms with van der Waals surface area (Å²) in [5, 5.41) is 11.7. The van der Waals surface area contributed by atoms with Crippen LogP contribution in [0.5, 0.6) is 0 Å². The highest BCUT2D eigenvalue weighted by molar-refractivity contribution is 5.94. The van der Waals surface area contributed by atoms with Crippen molar-refractivity contribution in [2.45, 2.75) is 57.8 Å². The number of benzene rings is 3. The molecule has 42 heavy (non-hydrogen) atoms. The zero-order chi connectivity index (χ0) is 29.9. The molecule has 3 aromatic carbocycles. The lowest BCUT2D eigenvalue weighted by atomic mass is 10.00. The fourth-order valence-electron chi connectivity index (χ4n) is 4.92. The van der Waals surface area contributed by atoms with Crippen LogP contribution < -0.4 is 21.3 Å². The molecule has 0 saturated carbocycles. The van der Waals surface area contributed by atoms with Crippen LogP contribution in [0.15, 0.2) is 91.0 Å². The van der Waals surface area contributed by atoms with Crippen LogP contribution in [0.1, 0.15) is 55.0 Å². The zero-order valence-electron chi connectivity index (χ0n) is 24.0. The Labute approximate surface area is 247 Å². The fourth-order valence-corrected chi connectivity index (χ4v) is 4.92. The van der Waals surface area contributed by atoms with Crippen molar-refractivity contribution < 1.29 is 19.2 Å². The van der Waals surface area contributed by atoms with E-state index in [1.807, 2.05) is 98.8 Å². The number of hydrogen-bond donors (Lipinski definition) is 4. The average Bonchev–Trinajstić information content (AvgIpc) is 2.98. The van der Waals surface area contributed by atoms with Crippen LogP contribution >= 0.6 is 0 Å². The molecule has 218 valence electrons. The summed E-state index contributed by atoms with van der Waals surface area (Å²) in [4.78, 5) is 53.3. The first-order valence-corrected chi connectivity index (χ1v) is 14.3. The van der Waals surface area contributed by atoms with E-state index in [1.54, 1.807) is 6.08 Å². The van der Waals surface area contributed by atoms with Crippen molar-refractivity contribution >= 4 is 29.7 Å². The van der Waals surface area contributed by atoms with E-state index < -0.39 is 29.9 Å². The molecular weight excluding hydrogens is 528 g/mol. The van der Waals surface area contributed by atoms with Gasteiger partial charge >= 0.3 is 0 Å². The van der Waals surface area contributed by atoms with Gasteiger partial charge in [0.1, 0.15) is 12.1 Å².